The third kappa shape index (κ3) is 5.04. The molecule has 2 aromatic rings. The first kappa shape index (κ1) is 15.3. The van der Waals surface area contributed by atoms with Crippen molar-refractivity contribution in [1.82, 2.24) is 15.1 Å². The lowest BCUT2D eigenvalue weighted by Gasteiger charge is -2.19. The molecule has 0 radical (unpaired) electrons. The summed E-state index contributed by atoms with van der Waals surface area (Å²) in [6, 6.07) is 11.8. The van der Waals surface area contributed by atoms with E-state index in [9.17, 15) is 4.79 Å². The number of para-hydroxylation sites is 1. The van der Waals surface area contributed by atoms with E-state index in [0.717, 1.165) is 11.4 Å². The van der Waals surface area contributed by atoms with Crippen LogP contribution in [0.1, 0.15) is 26.5 Å². The van der Waals surface area contributed by atoms with Crippen LogP contribution >= 0.6 is 0 Å². The Kier molecular flexibility index (Phi) is 4.75. The SMILES string of the molecule is CC(C)(C)OC(=O)CNCc1ccn(-c2ccccc2)n1. The first-order valence-corrected chi connectivity index (χ1v) is 6.96. The van der Waals surface area contributed by atoms with E-state index in [2.05, 4.69) is 10.4 Å². The first-order chi connectivity index (χ1) is 9.94. The van der Waals surface area contributed by atoms with Gasteiger partial charge in [-0.1, -0.05) is 18.2 Å². The Morgan fingerprint density at radius 1 is 1.24 bits per heavy atom. The smallest absolute Gasteiger partial charge is 0.320 e. The van der Waals surface area contributed by atoms with Crippen LogP contribution in [-0.4, -0.2) is 27.9 Å². The molecule has 1 aromatic carbocycles. The predicted octanol–water partition coefficient (Wildman–Crippen LogP) is 2.30. The minimum absolute atomic E-state index is 0.176. The van der Waals surface area contributed by atoms with Crippen LogP contribution in [0.2, 0.25) is 0 Å². The number of hydrogen-bond donors (Lipinski definition) is 1. The molecule has 1 N–H and O–H groups in total. The first-order valence-electron chi connectivity index (χ1n) is 6.96. The number of nitrogens with one attached hydrogen (secondary N) is 1. The summed E-state index contributed by atoms with van der Waals surface area (Å²) in [6.07, 6.45) is 1.90. The molecular formula is C16H21N3O2. The Morgan fingerprint density at radius 3 is 2.62 bits per heavy atom. The van der Waals surface area contributed by atoms with Gasteiger partial charge in [-0.15, -0.1) is 0 Å². The van der Waals surface area contributed by atoms with Crippen molar-refractivity contribution in [1.29, 1.82) is 0 Å². The van der Waals surface area contributed by atoms with Crippen molar-refractivity contribution in [3.63, 3.8) is 0 Å². The van der Waals surface area contributed by atoms with Crippen LogP contribution in [0.5, 0.6) is 0 Å². The lowest BCUT2D eigenvalue weighted by Crippen LogP contribution is -2.31. The fourth-order valence-corrected chi connectivity index (χ4v) is 1.85. The monoisotopic (exact) mass is 287 g/mol. The summed E-state index contributed by atoms with van der Waals surface area (Å²) in [5, 5.41) is 7.49. The zero-order chi connectivity index (χ0) is 15.3. The average molecular weight is 287 g/mol. The van der Waals surface area contributed by atoms with Gasteiger partial charge in [0.05, 0.1) is 17.9 Å². The number of aromatic nitrogens is 2. The average Bonchev–Trinajstić information content (AvgIpc) is 2.86. The molecule has 112 valence electrons. The second-order valence-electron chi connectivity index (χ2n) is 5.78. The van der Waals surface area contributed by atoms with Gasteiger partial charge in [-0.3, -0.25) is 4.79 Å². The van der Waals surface area contributed by atoms with Crippen molar-refractivity contribution >= 4 is 5.97 Å². The van der Waals surface area contributed by atoms with Gasteiger partial charge in [-0.25, -0.2) is 4.68 Å². The summed E-state index contributed by atoms with van der Waals surface area (Å²) in [5.41, 5.74) is 1.44. The number of nitrogens with zero attached hydrogens (tertiary/aromatic N) is 2. The molecule has 1 aromatic heterocycles. The Hall–Kier alpha value is -2.14. The molecule has 0 saturated carbocycles. The summed E-state index contributed by atoms with van der Waals surface area (Å²) in [5.74, 6) is -0.259. The van der Waals surface area contributed by atoms with Crippen molar-refractivity contribution in [3.05, 3.63) is 48.3 Å². The van der Waals surface area contributed by atoms with Crippen LogP contribution in [0.4, 0.5) is 0 Å². The zero-order valence-corrected chi connectivity index (χ0v) is 12.7. The lowest BCUT2D eigenvalue weighted by molar-refractivity contribution is -0.153. The van der Waals surface area contributed by atoms with Gasteiger partial charge < -0.3 is 10.1 Å². The van der Waals surface area contributed by atoms with E-state index in [-0.39, 0.29) is 12.5 Å². The molecule has 0 bridgehead atoms. The minimum Gasteiger partial charge on any atom is -0.459 e. The van der Waals surface area contributed by atoms with Crippen molar-refractivity contribution in [2.75, 3.05) is 6.54 Å². The second kappa shape index (κ2) is 6.54. The number of esters is 1. The van der Waals surface area contributed by atoms with Crippen molar-refractivity contribution in [3.8, 4) is 5.69 Å². The Labute approximate surface area is 124 Å². The molecule has 0 amide bonds. The molecule has 5 nitrogen and oxygen atoms in total. The maximum absolute atomic E-state index is 11.6. The molecule has 0 spiro atoms. The second-order valence-corrected chi connectivity index (χ2v) is 5.78. The van der Waals surface area contributed by atoms with Gasteiger partial charge in [0.2, 0.25) is 0 Å². The standard InChI is InChI=1S/C16H21N3O2/c1-16(2,3)21-15(20)12-17-11-13-9-10-19(18-13)14-7-5-4-6-8-14/h4-10,17H,11-12H2,1-3H3. The molecule has 0 unspecified atom stereocenters. The van der Waals surface area contributed by atoms with Crippen LogP contribution in [0.3, 0.4) is 0 Å². The molecular weight excluding hydrogens is 266 g/mol. The van der Waals surface area contributed by atoms with Gasteiger partial charge in [0.15, 0.2) is 0 Å². The fourth-order valence-electron chi connectivity index (χ4n) is 1.85. The van der Waals surface area contributed by atoms with Crippen LogP contribution in [-0.2, 0) is 16.1 Å². The topological polar surface area (TPSA) is 56.1 Å². The molecule has 5 heteroatoms. The maximum Gasteiger partial charge on any atom is 0.320 e. The highest BCUT2D eigenvalue weighted by Crippen LogP contribution is 2.07. The lowest BCUT2D eigenvalue weighted by atomic mass is 10.2. The molecule has 0 aliphatic rings. The molecule has 0 fully saturated rings. The number of carbonyl (C=O) groups is 1. The van der Waals surface area contributed by atoms with Crippen molar-refractivity contribution < 1.29 is 9.53 Å². The number of carbonyl (C=O) groups excluding carboxylic acids is 1. The van der Waals surface area contributed by atoms with Crippen LogP contribution in [0.15, 0.2) is 42.6 Å². The van der Waals surface area contributed by atoms with E-state index in [4.69, 9.17) is 4.74 Å². The number of hydrogen-bond acceptors (Lipinski definition) is 4. The minimum atomic E-state index is -0.451. The van der Waals surface area contributed by atoms with Gasteiger partial charge in [-0.2, -0.15) is 5.10 Å². The normalized spacial score (nSPS) is 11.4. The van der Waals surface area contributed by atoms with Crippen LogP contribution in [0.25, 0.3) is 5.69 Å². The van der Waals surface area contributed by atoms with Gasteiger partial charge in [0.1, 0.15) is 5.60 Å². The van der Waals surface area contributed by atoms with Gasteiger partial charge in [-0.05, 0) is 39.0 Å². The maximum atomic E-state index is 11.6. The van der Waals surface area contributed by atoms with E-state index in [1.165, 1.54) is 0 Å². The number of ether oxygens (including phenoxy) is 1. The van der Waals surface area contributed by atoms with Crippen molar-refractivity contribution in [2.24, 2.45) is 0 Å². The zero-order valence-electron chi connectivity index (χ0n) is 12.7. The summed E-state index contributed by atoms with van der Waals surface area (Å²) < 4.78 is 7.03. The highest BCUT2D eigenvalue weighted by Gasteiger charge is 2.15. The molecule has 1 heterocycles. The van der Waals surface area contributed by atoms with E-state index < -0.39 is 5.60 Å². The van der Waals surface area contributed by atoms with E-state index >= 15 is 0 Å². The molecule has 21 heavy (non-hydrogen) atoms. The third-order valence-corrected chi connectivity index (χ3v) is 2.66. The van der Waals surface area contributed by atoms with E-state index in [1.807, 2.05) is 68.0 Å². The molecule has 0 aliphatic carbocycles. The van der Waals surface area contributed by atoms with Crippen molar-refractivity contribution in [2.45, 2.75) is 32.9 Å². The summed E-state index contributed by atoms with van der Waals surface area (Å²) in [6.45, 7) is 6.26. The highest BCUT2D eigenvalue weighted by atomic mass is 16.6. The van der Waals surface area contributed by atoms with Crippen LogP contribution < -0.4 is 5.32 Å². The number of rotatable bonds is 5. The van der Waals surface area contributed by atoms with E-state index in [0.29, 0.717) is 6.54 Å². The van der Waals surface area contributed by atoms with E-state index in [1.54, 1.807) is 0 Å². The largest absolute Gasteiger partial charge is 0.459 e. The molecule has 0 atom stereocenters. The predicted molar refractivity (Wildman–Crippen MR) is 81.1 cm³/mol. The Bertz CT molecular complexity index is 585. The van der Waals surface area contributed by atoms with Crippen LogP contribution in [0, 0.1) is 0 Å². The number of benzene rings is 1. The highest BCUT2D eigenvalue weighted by molar-refractivity contribution is 5.72. The fraction of sp³-hybridized carbons (Fsp3) is 0.375. The summed E-state index contributed by atoms with van der Waals surface area (Å²) in [7, 11) is 0. The third-order valence-electron chi connectivity index (χ3n) is 2.66. The Balaban J connectivity index is 1.83. The quantitative estimate of drug-likeness (QED) is 0.857. The summed E-state index contributed by atoms with van der Waals surface area (Å²) in [4.78, 5) is 11.6. The van der Waals surface area contributed by atoms with Gasteiger partial charge >= 0.3 is 5.97 Å². The summed E-state index contributed by atoms with van der Waals surface area (Å²) >= 11 is 0. The van der Waals surface area contributed by atoms with Gasteiger partial charge in [0.25, 0.3) is 0 Å². The molecule has 0 aliphatic heterocycles. The Morgan fingerprint density at radius 2 is 1.95 bits per heavy atom. The van der Waals surface area contributed by atoms with Gasteiger partial charge in [0, 0.05) is 12.7 Å². The molecule has 0 saturated heterocycles. The molecule has 2 rings (SSSR count).